The number of fused-ring (bicyclic) bond motifs is 1. The maximum Gasteiger partial charge on any atom is 0.274 e. The summed E-state index contributed by atoms with van der Waals surface area (Å²) in [4.78, 5) is 23.7. The van der Waals surface area contributed by atoms with E-state index >= 15 is 0 Å². The predicted molar refractivity (Wildman–Crippen MR) is 73.5 cm³/mol. The number of hydrogen-bond donors (Lipinski definition) is 3. The number of H-pyrrole nitrogens is 1. The molecule has 0 spiro atoms. The van der Waals surface area contributed by atoms with Gasteiger partial charge in [0.05, 0.1) is 30.7 Å². The molecule has 108 valence electrons. The van der Waals surface area contributed by atoms with Crippen LogP contribution in [-0.2, 0) is 16.1 Å². The average Bonchev–Trinajstić information content (AvgIpc) is 2.76. The monoisotopic (exact) mass is 279 g/mol. The number of hydrogen-bond acceptors (Lipinski definition) is 4. The highest BCUT2D eigenvalue weighted by Gasteiger charge is 2.09. The molecule has 0 aliphatic carbocycles. The van der Waals surface area contributed by atoms with Crippen LogP contribution in [0.5, 0.6) is 0 Å². The number of aromatic amines is 1. The van der Waals surface area contributed by atoms with Crippen LogP contribution in [0.25, 0.3) is 10.9 Å². The Balaban J connectivity index is 1.90. The van der Waals surface area contributed by atoms with Crippen molar-refractivity contribution in [2.45, 2.75) is 6.54 Å². The van der Waals surface area contributed by atoms with Crippen LogP contribution in [0.15, 0.2) is 29.1 Å². The van der Waals surface area contributed by atoms with Gasteiger partial charge in [0, 0.05) is 6.54 Å². The molecule has 1 amide bonds. The molecule has 0 unspecified atom stereocenters. The first-order chi connectivity index (χ1) is 9.72. The van der Waals surface area contributed by atoms with Gasteiger partial charge < -0.3 is 15.2 Å². The van der Waals surface area contributed by atoms with Crippen LogP contribution >= 0.6 is 0 Å². The molecule has 0 atom stereocenters. The summed E-state index contributed by atoms with van der Waals surface area (Å²) in [5.74, 6) is -0.272. The Kier molecular flexibility index (Phi) is 4.91. The van der Waals surface area contributed by atoms with E-state index in [-0.39, 0.29) is 31.2 Å². The molecule has 7 nitrogen and oxygen atoms in total. The van der Waals surface area contributed by atoms with Crippen LogP contribution in [0.4, 0.5) is 0 Å². The van der Waals surface area contributed by atoms with Crippen molar-refractivity contribution in [1.29, 1.82) is 0 Å². The fourth-order valence-electron chi connectivity index (χ4n) is 1.85. The Morgan fingerprint density at radius 2 is 2.15 bits per heavy atom. The van der Waals surface area contributed by atoms with Gasteiger partial charge in [-0.3, -0.25) is 14.7 Å². The number of aliphatic hydroxyl groups is 1. The van der Waals surface area contributed by atoms with Crippen LogP contribution in [0.3, 0.4) is 0 Å². The standard InChI is InChI=1S/C13H17N3O4/c17-6-8-20-7-5-14-12(18)9-16-13(19)10-3-1-2-4-11(10)15-16/h1-4,15,17H,5-9H2,(H,14,18). The molecule has 0 fully saturated rings. The van der Waals surface area contributed by atoms with Crippen LogP contribution in [0, 0.1) is 0 Å². The smallest absolute Gasteiger partial charge is 0.274 e. The van der Waals surface area contributed by atoms with Gasteiger partial charge in [0.25, 0.3) is 5.56 Å². The fraction of sp³-hybridized carbons (Fsp3) is 0.385. The summed E-state index contributed by atoms with van der Waals surface area (Å²) in [7, 11) is 0. The number of aliphatic hydroxyl groups excluding tert-OH is 1. The normalized spacial score (nSPS) is 10.8. The highest BCUT2D eigenvalue weighted by atomic mass is 16.5. The summed E-state index contributed by atoms with van der Waals surface area (Å²) >= 11 is 0. The van der Waals surface area contributed by atoms with Crippen LogP contribution < -0.4 is 10.9 Å². The number of benzene rings is 1. The lowest BCUT2D eigenvalue weighted by molar-refractivity contribution is -0.122. The molecular weight excluding hydrogens is 262 g/mol. The van der Waals surface area contributed by atoms with E-state index in [1.807, 2.05) is 6.07 Å². The number of nitrogens with one attached hydrogen (secondary N) is 2. The largest absolute Gasteiger partial charge is 0.394 e. The zero-order chi connectivity index (χ0) is 14.4. The summed E-state index contributed by atoms with van der Waals surface area (Å²) in [6.07, 6.45) is 0. The summed E-state index contributed by atoms with van der Waals surface area (Å²) in [5, 5.41) is 14.6. The van der Waals surface area contributed by atoms with Gasteiger partial charge >= 0.3 is 0 Å². The van der Waals surface area contributed by atoms with Crippen molar-refractivity contribution in [1.82, 2.24) is 15.1 Å². The van der Waals surface area contributed by atoms with Crippen molar-refractivity contribution in [2.24, 2.45) is 0 Å². The Bertz CT molecular complexity index is 632. The molecule has 2 rings (SSSR count). The molecule has 20 heavy (non-hydrogen) atoms. The highest BCUT2D eigenvalue weighted by molar-refractivity contribution is 5.79. The third-order valence-electron chi connectivity index (χ3n) is 2.76. The molecule has 1 heterocycles. The van der Waals surface area contributed by atoms with Crippen molar-refractivity contribution < 1.29 is 14.6 Å². The number of carbonyl (C=O) groups excluding carboxylic acids is 1. The molecule has 2 aromatic rings. The minimum Gasteiger partial charge on any atom is -0.394 e. The molecule has 1 aromatic carbocycles. The van der Waals surface area contributed by atoms with Crippen molar-refractivity contribution in [3.8, 4) is 0 Å². The SMILES string of the molecule is O=C(Cn1[nH]c2ccccc2c1=O)NCCOCCO. The molecule has 1 aromatic heterocycles. The van der Waals surface area contributed by atoms with Crippen molar-refractivity contribution in [3.63, 3.8) is 0 Å². The molecule has 0 saturated carbocycles. The van der Waals surface area contributed by atoms with Gasteiger partial charge in [0.1, 0.15) is 6.54 Å². The number of carbonyl (C=O) groups is 1. The van der Waals surface area contributed by atoms with Crippen molar-refractivity contribution in [3.05, 3.63) is 34.6 Å². The van der Waals surface area contributed by atoms with Gasteiger partial charge in [0.15, 0.2) is 0 Å². The van der Waals surface area contributed by atoms with Gasteiger partial charge in [-0.2, -0.15) is 0 Å². The highest BCUT2D eigenvalue weighted by Crippen LogP contribution is 2.05. The first kappa shape index (κ1) is 14.3. The van der Waals surface area contributed by atoms with Gasteiger partial charge in [-0.15, -0.1) is 0 Å². The Hall–Kier alpha value is -2.12. The molecule has 3 N–H and O–H groups in total. The first-order valence-corrected chi connectivity index (χ1v) is 6.35. The van der Waals surface area contributed by atoms with Gasteiger partial charge in [-0.05, 0) is 12.1 Å². The Morgan fingerprint density at radius 1 is 1.35 bits per heavy atom. The van der Waals surface area contributed by atoms with Crippen LogP contribution in [0.1, 0.15) is 0 Å². The number of nitrogens with zero attached hydrogens (tertiary/aromatic N) is 1. The Morgan fingerprint density at radius 3 is 2.90 bits per heavy atom. The Labute approximate surface area is 115 Å². The minimum absolute atomic E-state index is 0.0432. The molecule has 0 aliphatic rings. The van der Waals surface area contributed by atoms with E-state index in [1.165, 1.54) is 4.68 Å². The molecule has 7 heteroatoms. The topological polar surface area (TPSA) is 96.4 Å². The molecule has 0 radical (unpaired) electrons. The average molecular weight is 279 g/mol. The first-order valence-electron chi connectivity index (χ1n) is 6.35. The third-order valence-corrected chi connectivity index (χ3v) is 2.76. The van der Waals surface area contributed by atoms with E-state index in [4.69, 9.17) is 9.84 Å². The second kappa shape index (κ2) is 6.88. The van der Waals surface area contributed by atoms with Crippen LogP contribution in [0.2, 0.25) is 0 Å². The number of para-hydroxylation sites is 1. The lowest BCUT2D eigenvalue weighted by Crippen LogP contribution is -2.33. The van der Waals surface area contributed by atoms with Gasteiger partial charge in [-0.1, -0.05) is 12.1 Å². The maximum atomic E-state index is 12.0. The second-order valence-electron chi connectivity index (χ2n) is 4.23. The minimum atomic E-state index is -0.272. The molecule has 0 aliphatic heterocycles. The summed E-state index contributed by atoms with van der Waals surface area (Å²) < 4.78 is 6.29. The lowest BCUT2D eigenvalue weighted by Gasteiger charge is -2.05. The number of ether oxygens (including phenoxy) is 1. The van der Waals surface area contributed by atoms with E-state index in [0.717, 1.165) is 0 Å². The van der Waals surface area contributed by atoms with E-state index in [2.05, 4.69) is 10.4 Å². The molecular formula is C13H17N3O4. The van der Waals surface area contributed by atoms with Crippen molar-refractivity contribution in [2.75, 3.05) is 26.4 Å². The summed E-state index contributed by atoms with van der Waals surface area (Å²) in [6, 6.07) is 7.10. The van der Waals surface area contributed by atoms with E-state index in [9.17, 15) is 9.59 Å². The fourth-order valence-corrected chi connectivity index (χ4v) is 1.85. The zero-order valence-electron chi connectivity index (χ0n) is 11.0. The maximum absolute atomic E-state index is 12.0. The van der Waals surface area contributed by atoms with Gasteiger partial charge in [0.2, 0.25) is 5.91 Å². The van der Waals surface area contributed by atoms with E-state index in [0.29, 0.717) is 24.1 Å². The quantitative estimate of drug-likeness (QED) is 0.593. The molecule has 0 saturated heterocycles. The summed E-state index contributed by atoms with van der Waals surface area (Å²) in [5.41, 5.74) is 0.490. The number of rotatable bonds is 7. The number of aromatic nitrogens is 2. The zero-order valence-corrected chi connectivity index (χ0v) is 11.0. The second-order valence-corrected chi connectivity index (χ2v) is 4.23. The van der Waals surface area contributed by atoms with Crippen LogP contribution in [-0.4, -0.2) is 47.2 Å². The number of amides is 1. The van der Waals surface area contributed by atoms with Crippen molar-refractivity contribution >= 4 is 16.8 Å². The third kappa shape index (κ3) is 3.46. The van der Waals surface area contributed by atoms with E-state index in [1.54, 1.807) is 18.2 Å². The lowest BCUT2D eigenvalue weighted by atomic mass is 10.3. The molecule has 0 bridgehead atoms. The van der Waals surface area contributed by atoms with Gasteiger partial charge in [-0.25, -0.2) is 4.68 Å². The summed E-state index contributed by atoms with van der Waals surface area (Å²) in [6.45, 7) is 0.810. The predicted octanol–water partition coefficient (Wildman–Crippen LogP) is -0.545. The van der Waals surface area contributed by atoms with E-state index < -0.39 is 0 Å².